The van der Waals surface area contributed by atoms with Gasteiger partial charge >= 0.3 is 0 Å². The van der Waals surface area contributed by atoms with E-state index in [0.29, 0.717) is 43.5 Å². The number of rotatable bonds is 3. The lowest BCUT2D eigenvalue weighted by molar-refractivity contribution is -0.142. The first-order valence-electron chi connectivity index (χ1n) is 8.08. The summed E-state index contributed by atoms with van der Waals surface area (Å²) in [6.45, 7) is 3.00. The second-order valence-corrected chi connectivity index (χ2v) is 6.25. The quantitative estimate of drug-likeness (QED) is 0.863. The maximum Gasteiger partial charge on any atom is 0.241 e. The predicted octanol–water partition coefficient (Wildman–Crippen LogP) is 2.22. The number of nitrogens with zero attached hydrogens (tertiary/aromatic N) is 3. The molecule has 0 radical (unpaired) electrons. The van der Waals surface area contributed by atoms with E-state index >= 15 is 0 Å². The molecular formula is C17H18FN3O3. The largest absolute Gasteiger partial charge is 0.423 e. The highest BCUT2D eigenvalue weighted by atomic mass is 19.1. The number of carbonyl (C=O) groups excluding carboxylic acids is 1. The van der Waals surface area contributed by atoms with Crippen LogP contribution in [0.1, 0.15) is 35.7 Å². The topological polar surface area (TPSA) is 68.5 Å². The maximum absolute atomic E-state index is 13.9. The van der Waals surface area contributed by atoms with Crippen molar-refractivity contribution in [1.29, 1.82) is 0 Å². The lowest BCUT2D eigenvalue weighted by Gasteiger charge is -2.33. The third kappa shape index (κ3) is 2.69. The van der Waals surface area contributed by atoms with Crippen LogP contribution < -0.4 is 0 Å². The SMILES string of the molecule is Cc1nnc([C@@H]2COCCN2C(=O)[C@H]2C[C@H]2c2ccccc2F)o1. The van der Waals surface area contributed by atoms with Crippen LogP contribution in [0.3, 0.4) is 0 Å². The van der Waals surface area contributed by atoms with Gasteiger partial charge in [-0.2, -0.15) is 0 Å². The van der Waals surface area contributed by atoms with Gasteiger partial charge in [0.1, 0.15) is 11.9 Å². The van der Waals surface area contributed by atoms with E-state index in [1.165, 1.54) is 6.07 Å². The van der Waals surface area contributed by atoms with Gasteiger partial charge in [-0.15, -0.1) is 10.2 Å². The van der Waals surface area contributed by atoms with E-state index in [1.54, 1.807) is 30.0 Å². The van der Waals surface area contributed by atoms with Crippen LogP contribution in [-0.4, -0.2) is 40.8 Å². The molecule has 1 aliphatic carbocycles. The van der Waals surface area contributed by atoms with Crippen molar-refractivity contribution in [2.24, 2.45) is 5.92 Å². The summed E-state index contributed by atoms with van der Waals surface area (Å²) in [6, 6.07) is 6.29. The Morgan fingerprint density at radius 1 is 1.33 bits per heavy atom. The Bertz CT molecular complexity index is 763. The van der Waals surface area contributed by atoms with Crippen molar-refractivity contribution in [3.05, 3.63) is 47.4 Å². The summed E-state index contributed by atoms with van der Waals surface area (Å²) < 4.78 is 24.9. The fraction of sp³-hybridized carbons (Fsp3) is 0.471. The average Bonchev–Trinajstić information content (AvgIpc) is 3.28. The van der Waals surface area contributed by atoms with Crippen molar-refractivity contribution in [2.45, 2.75) is 25.3 Å². The number of benzene rings is 1. The Labute approximate surface area is 138 Å². The Morgan fingerprint density at radius 2 is 2.17 bits per heavy atom. The minimum atomic E-state index is -0.366. The van der Waals surface area contributed by atoms with Gasteiger partial charge in [-0.3, -0.25) is 4.79 Å². The molecule has 7 heteroatoms. The van der Waals surface area contributed by atoms with Crippen LogP contribution in [0.25, 0.3) is 0 Å². The smallest absolute Gasteiger partial charge is 0.241 e. The summed E-state index contributed by atoms with van der Waals surface area (Å²) in [5.74, 6) is 0.372. The molecule has 1 saturated carbocycles. The molecule has 2 heterocycles. The van der Waals surface area contributed by atoms with Crippen LogP contribution in [0.5, 0.6) is 0 Å². The van der Waals surface area contributed by atoms with Gasteiger partial charge in [0.05, 0.1) is 13.2 Å². The lowest BCUT2D eigenvalue weighted by Crippen LogP contribution is -2.44. The molecule has 3 atom stereocenters. The van der Waals surface area contributed by atoms with Crippen molar-refractivity contribution in [3.63, 3.8) is 0 Å². The van der Waals surface area contributed by atoms with E-state index in [1.807, 2.05) is 0 Å². The highest BCUT2D eigenvalue weighted by Gasteiger charge is 2.49. The van der Waals surface area contributed by atoms with Crippen LogP contribution >= 0.6 is 0 Å². The number of halogens is 1. The molecule has 2 aromatic rings. The van der Waals surface area contributed by atoms with E-state index in [2.05, 4.69) is 10.2 Å². The lowest BCUT2D eigenvalue weighted by atomic mass is 10.1. The average molecular weight is 331 g/mol. The molecule has 0 unspecified atom stereocenters. The number of hydrogen-bond donors (Lipinski definition) is 0. The van der Waals surface area contributed by atoms with E-state index < -0.39 is 0 Å². The molecule has 2 fully saturated rings. The second-order valence-electron chi connectivity index (χ2n) is 6.25. The fourth-order valence-corrected chi connectivity index (χ4v) is 3.32. The first-order valence-corrected chi connectivity index (χ1v) is 8.08. The van der Waals surface area contributed by atoms with Crippen molar-refractivity contribution >= 4 is 5.91 Å². The van der Waals surface area contributed by atoms with Gasteiger partial charge in [0.25, 0.3) is 0 Å². The second kappa shape index (κ2) is 5.98. The Kier molecular flexibility index (Phi) is 3.80. The third-order valence-corrected chi connectivity index (χ3v) is 4.65. The standard InChI is InChI=1S/C17H18FN3O3/c1-10-19-20-16(24-10)15-9-23-7-6-21(15)17(22)13-8-12(13)11-4-2-3-5-14(11)18/h2-5,12-13,15H,6-9H2,1H3/t12-,13-,15-/m0/s1. The Morgan fingerprint density at radius 3 is 2.92 bits per heavy atom. The molecule has 1 amide bonds. The zero-order valence-electron chi connectivity index (χ0n) is 13.3. The van der Waals surface area contributed by atoms with Gasteiger partial charge in [0.15, 0.2) is 0 Å². The molecule has 1 aromatic carbocycles. The highest BCUT2D eigenvalue weighted by molar-refractivity contribution is 5.83. The number of morpholine rings is 1. The molecule has 1 aliphatic heterocycles. The maximum atomic E-state index is 13.9. The van der Waals surface area contributed by atoms with Crippen LogP contribution in [0.4, 0.5) is 4.39 Å². The van der Waals surface area contributed by atoms with E-state index in [0.717, 1.165) is 0 Å². The van der Waals surface area contributed by atoms with Crippen LogP contribution in [-0.2, 0) is 9.53 Å². The van der Waals surface area contributed by atoms with Crippen molar-refractivity contribution in [3.8, 4) is 0 Å². The number of aromatic nitrogens is 2. The first kappa shape index (κ1) is 15.3. The number of ether oxygens (including phenoxy) is 1. The van der Waals surface area contributed by atoms with Gasteiger partial charge in [0.2, 0.25) is 17.7 Å². The Hall–Kier alpha value is -2.28. The highest BCUT2D eigenvalue weighted by Crippen LogP contribution is 2.50. The summed E-state index contributed by atoms with van der Waals surface area (Å²) >= 11 is 0. The van der Waals surface area contributed by atoms with Crippen LogP contribution in [0, 0.1) is 18.7 Å². The summed E-state index contributed by atoms with van der Waals surface area (Å²) in [7, 11) is 0. The summed E-state index contributed by atoms with van der Waals surface area (Å²) in [6.07, 6.45) is 0.673. The summed E-state index contributed by atoms with van der Waals surface area (Å²) in [5.41, 5.74) is 0.620. The van der Waals surface area contributed by atoms with Gasteiger partial charge < -0.3 is 14.1 Å². The molecule has 4 rings (SSSR count). The summed E-state index contributed by atoms with van der Waals surface area (Å²) in [5, 5.41) is 7.85. The van der Waals surface area contributed by atoms with Crippen molar-refractivity contribution < 1.29 is 18.3 Å². The molecule has 1 saturated heterocycles. The van der Waals surface area contributed by atoms with Crippen LogP contribution in [0.2, 0.25) is 0 Å². The molecule has 0 spiro atoms. The van der Waals surface area contributed by atoms with Crippen molar-refractivity contribution in [2.75, 3.05) is 19.8 Å². The minimum Gasteiger partial charge on any atom is -0.423 e. The molecule has 0 bridgehead atoms. The molecule has 24 heavy (non-hydrogen) atoms. The van der Waals surface area contributed by atoms with E-state index in [-0.39, 0.29) is 29.6 Å². The Balaban J connectivity index is 1.52. The zero-order valence-corrected chi connectivity index (χ0v) is 13.3. The van der Waals surface area contributed by atoms with Gasteiger partial charge in [0, 0.05) is 19.4 Å². The van der Waals surface area contributed by atoms with Gasteiger partial charge in [-0.1, -0.05) is 18.2 Å². The number of amides is 1. The van der Waals surface area contributed by atoms with E-state index in [4.69, 9.17) is 9.15 Å². The number of hydrogen-bond acceptors (Lipinski definition) is 5. The molecular weight excluding hydrogens is 313 g/mol. The minimum absolute atomic E-state index is 0.00686. The monoisotopic (exact) mass is 331 g/mol. The third-order valence-electron chi connectivity index (χ3n) is 4.65. The normalized spacial score (nSPS) is 26.4. The fourth-order valence-electron chi connectivity index (χ4n) is 3.32. The summed E-state index contributed by atoms with van der Waals surface area (Å²) in [4.78, 5) is 14.6. The molecule has 2 aliphatic rings. The van der Waals surface area contributed by atoms with E-state index in [9.17, 15) is 9.18 Å². The van der Waals surface area contributed by atoms with Crippen LogP contribution in [0.15, 0.2) is 28.7 Å². The zero-order chi connectivity index (χ0) is 16.7. The molecule has 126 valence electrons. The molecule has 1 aromatic heterocycles. The van der Waals surface area contributed by atoms with Gasteiger partial charge in [-0.05, 0) is 24.0 Å². The first-order chi connectivity index (χ1) is 11.6. The van der Waals surface area contributed by atoms with Crippen molar-refractivity contribution in [1.82, 2.24) is 15.1 Å². The molecule has 6 nitrogen and oxygen atoms in total. The number of carbonyl (C=O) groups is 1. The van der Waals surface area contributed by atoms with Gasteiger partial charge in [-0.25, -0.2) is 4.39 Å². The number of aryl methyl sites for hydroxylation is 1. The molecule has 0 N–H and O–H groups in total. The predicted molar refractivity (Wildman–Crippen MR) is 81.6 cm³/mol.